The highest BCUT2D eigenvalue weighted by molar-refractivity contribution is 5.82. The Bertz CT molecular complexity index is 587. The van der Waals surface area contributed by atoms with E-state index in [-0.39, 0.29) is 5.97 Å². The number of fused-ring (bicyclic) bond motifs is 1. The average molecular weight is 247 g/mol. The van der Waals surface area contributed by atoms with Crippen LogP contribution in [0.3, 0.4) is 0 Å². The SMILES string of the molecule is CCOC(=O)C(C)(C)n1ncc2cc(C)cnc21. The minimum atomic E-state index is -0.861. The van der Waals surface area contributed by atoms with Crippen LogP contribution in [-0.4, -0.2) is 27.3 Å². The molecule has 5 nitrogen and oxygen atoms in total. The summed E-state index contributed by atoms with van der Waals surface area (Å²) in [5.41, 5.74) is 0.898. The Labute approximate surface area is 106 Å². The standard InChI is InChI=1S/C13H17N3O2/c1-5-18-12(17)13(3,4)16-11-10(8-15-16)6-9(2)7-14-11/h6-8H,5H2,1-4H3. The molecule has 0 aliphatic rings. The number of aromatic nitrogens is 3. The van der Waals surface area contributed by atoms with Crippen molar-refractivity contribution in [3.05, 3.63) is 24.0 Å². The molecule has 0 unspecified atom stereocenters. The molecule has 2 rings (SSSR count). The van der Waals surface area contributed by atoms with E-state index in [1.807, 2.05) is 13.0 Å². The first-order valence-electron chi connectivity index (χ1n) is 5.95. The smallest absolute Gasteiger partial charge is 0.333 e. The van der Waals surface area contributed by atoms with Gasteiger partial charge in [0.05, 0.1) is 12.8 Å². The molecule has 5 heteroatoms. The number of aryl methyl sites for hydroxylation is 1. The van der Waals surface area contributed by atoms with Crippen LogP contribution in [0.4, 0.5) is 0 Å². The Kier molecular flexibility index (Phi) is 3.07. The second-order valence-corrected chi connectivity index (χ2v) is 4.76. The van der Waals surface area contributed by atoms with Crippen molar-refractivity contribution in [1.29, 1.82) is 0 Å². The third-order valence-corrected chi connectivity index (χ3v) is 2.85. The predicted molar refractivity (Wildman–Crippen MR) is 68.2 cm³/mol. The monoisotopic (exact) mass is 247 g/mol. The van der Waals surface area contributed by atoms with Gasteiger partial charge in [0, 0.05) is 11.6 Å². The molecule has 0 amide bonds. The summed E-state index contributed by atoms with van der Waals surface area (Å²) in [7, 11) is 0. The van der Waals surface area contributed by atoms with E-state index in [1.54, 1.807) is 37.8 Å². The Morgan fingerprint density at radius 1 is 1.44 bits per heavy atom. The minimum Gasteiger partial charge on any atom is -0.464 e. The predicted octanol–water partition coefficient (Wildman–Crippen LogP) is 2.04. The number of ether oxygens (including phenoxy) is 1. The summed E-state index contributed by atoms with van der Waals surface area (Å²) >= 11 is 0. The summed E-state index contributed by atoms with van der Waals surface area (Å²) in [6.45, 7) is 7.67. The maximum absolute atomic E-state index is 12.0. The lowest BCUT2D eigenvalue weighted by molar-refractivity contribution is -0.152. The van der Waals surface area contributed by atoms with Crippen LogP contribution < -0.4 is 0 Å². The van der Waals surface area contributed by atoms with Gasteiger partial charge in [-0.2, -0.15) is 5.10 Å². The van der Waals surface area contributed by atoms with Crippen molar-refractivity contribution in [2.75, 3.05) is 6.61 Å². The number of pyridine rings is 1. The molecule has 0 aromatic carbocycles. The zero-order valence-electron chi connectivity index (χ0n) is 11.1. The molecule has 0 aliphatic heterocycles. The number of nitrogens with zero attached hydrogens (tertiary/aromatic N) is 3. The van der Waals surface area contributed by atoms with Gasteiger partial charge in [0.2, 0.25) is 0 Å². The van der Waals surface area contributed by atoms with E-state index in [4.69, 9.17) is 4.74 Å². The second kappa shape index (κ2) is 4.40. The summed E-state index contributed by atoms with van der Waals surface area (Å²) in [6, 6.07) is 1.99. The number of carbonyl (C=O) groups is 1. The molecular weight excluding hydrogens is 230 g/mol. The Morgan fingerprint density at radius 2 is 2.17 bits per heavy atom. The molecule has 0 fully saturated rings. The van der Waals surface area contributed by atoms with Crippen LogP contribution in [0, 0.1) is 6.92 Å². The number of rotatable bonds is 3. The summed E-state index contributed by atoms with van der Waals surface area (Å²) < 4.78 is 6.69. The number of carbonyl (C=O) groups excluding carboxylic acids is 1. The lowest BCUT2D eigenvalue weighted by Crippen LogP contribution is -2.38. The maximum atomic E-state index is 12.0. The van der Waals surface area contributed by atoms with Gasteiger partial charge in [-0.3, -0.25) is 0 Å². The van der Waals surface area contributed by atoms with Crippen molar-refractivity contribution in [1.82, 2.24) is 14.8 Å². The molecule has 0 saturated carbocycles. The molecule has 96 valence electrons. The van der Waals surface area contributed by atoms with Crippen molar-refractivity contribution in [2.45, 2.75) is 33.2 Å². The van der Waals surface area contributed by atoms with Crippen LogP contribution in [0.25, 0.3) is 11.0 Å². The third-order valence-electron chi connectivity index (χ3n) is 2.85. The van der Waals surface area contributed by atoms with E-state index in [1.165, 1.54) is 0 Å². The quantitative estimate of drug-likeness (QED) is 0.779. The van der Waals surface area contributed by atoms with Crippen LogP contribution in [0.1, 0.15) is 26.3 Å². The Hall–Kier alpha value is -1.91. The fourth-order valence-electron chi connectivity index (χ4n) is 1.83. The van der Waals surface area contributed by atoms with Gasteiger partial charge in [-0.25, -0.2) is 14.5 Å². The van der Waals surface area contributed by atoms with Gasteiger partial charge in [-0.05, 0) is 39.3 Å². The van der Waals surface area contributed by atoms with Crippen molar-refractivity contribution in [3.8, 4) is 0 Å². The Balaban J connectivity index is 2.50. The van der Waals surface area contributed by atoms with Crippen LogP contribution in [-0.2, 0) is 15.1 Å². The summed E-state index contributed by atoms with van der Waals surface area (Å²) in [4.78, 5) is 16.3. The minimum absolute atomic E-state index is 0.308. The third kappa shape index (κ3) is 1.96. The van der Waals surface area contributed by atoms with E-state index in [0.29, 0.717) is 12.3 Å². The first-order chi connectivity index (χ1) is 8.46. The van der Waals surface area contributed by atoms with Gasteiger partial charge in [0.25, 0.3) is 0 Å². The van der Waals surface area contributed by atoms with Crippen LogP contribution in [0.2, 0.25) is 0 Å². The van der Waals surface area contributed by atoms with E-state index >= 15 is 0 Å². The van der Waals surface area contributed by atoms with E-state index < -0.39 is 5.54 Å². The first-order valence-corrected chi connectivity index (χ1v) is 5.95. The van der Waals surface area contributed by atoms with Crippen molar-refractivity contribution >= 4 is 17.0 Å². The van der Waals surface area contributed by atoms with Gasteiger partial charge < -0.3 is 4.74 Å². The van der Waals surface area contributed by atoms with Gasteiger partial charge in [0.15, 0.2) is 11.2 Å². The summed E-state index contributed by atoms with van der Waals surface area (Å²) in [6.07, 6.45) is 3.48. The zero-order chi connectivity index (χ0) is 13.3. The molecule has 0 bridgehead atoms. The molecule has 2 heterocycles. The fraction of sp³-hybridized carbons (Fsp3) is 0.462. The van der Waals surface area contributed by atoms with Crippen LogP contribution >= 0.6 is 0 Å². The highest BCUT2D eigenvalue weighted by Crippen LogP contribution is 2.22. The molecule has 2 aromatic heterocycles. The van der Waals surface area contributed by atoms with E-state index in [9.17, 15) is 4.79 Å². The van der Waals surface area contributed by atoms with E-state index in [0.717, 1.165) is 10.9 Å². The number of hydrogen-bond acceptors (Lipinski definition) is 4. The molecule has 0 saturated heterocycles. The lowest BCUT2D eigenvalue weighted by atomic mass is 10.1. The molecule has 0 aliphatic carbocycles. The zero-order valence-corrected chi connectivity index (χ0v) is 11.1. The molecule has 0 spiro atoms. The highest BCUT2D eigenvalue weighted by Gasteiger charge is 2.33. The number of esters is 1. The average Bonchev–Trinajstić information content (AvgIpc) is 2.72. The largest absolute Gasteiger partial charge is 0.464 e. The normalized spacial score (nSPS) is 11.8. The van der Waals surface area contributed by atoms with E-state index in [2.05, 4.69) is 10.1 Å². The van der Waals surface area contributed by atoms with Gasteiger partial charge >= 0.3 is 5.97 Å². The molecular formula is C13H17N3O2. The highest BCUT2D eigenvalue weighted by atomic mass is 16.5. The summed E-state index contributed by atoms with van der Waals surface area (Å²) in [5.74, 6) is -0.308. The van der Waals surface area contributed by atoms with Gasteiger partial charge in [0.1, 0.15) is 0 Å². The van der Waals surface area contributed by atoms with Crippen LogP contribution in [0.15, 0.2) is 18.5 Å². The maximum Gasteiger partial charge on any atom is 0.333 e. The summed E-state index contributed by atoms with van der Waals surface area (Å²) in [5, 5.41) is 5.19. The molecule has 0 N–H and O–H groups in total. The van der Waals surface area contributed by atoms with Crippen molar-refractivity contribution in [3.63, 3.8) is 0 Å². The molecule has 0 radical (unpaired) electrons. The Morgan fingerprint density at radius 3 is 2.83 bits per heavy atom. The molecule has 18 heavy (non-hydrogen) atoms. The van der Waals surface area contributed by atoms with Gasteiger partial charge in [-0.1, -0.05) is 0 Å². The fourth-order valence-corrected chi connectivity index (χ4v) is 1.83. The van der Waals surface area contributed by atoms with Crippen LogP contribution in [0.5, 0.6) is 0 Å². The molecule has 2 aromatic rings. The molecule has 0 atom stereocenters. The van der Waals surface area contributed by atoms with Crippen molar-refractivity contribution < 1.29 is 9.53 Å². The first kappa shape index (κ1) is 12.5. The van der Waals surface area contributed by atoms with Gasteiger partial charge in [-0.15, -0.1) is 0 Å². The lowest BCUT2D eigenvalue weighted by Gasteiger charge is -2.23. The van der Waals surface area contributed by atoms with Crippen molar-refractivity contribution in [2.24, 2.45) is 0 Å². The number of hydrogen-bond donors (Lipinski definition) is 0. The topological polar surface area (TPSA) is 57.0 Å². The second-order valence-electron chi connectivity index (χ2n) is 4.76.